The minimum absolute atomic E-state index is 0.0353. The Morgan fingerprint density at radius 3 is 2.88 bits per heavy atom. The van der Waals surface area contributed by atoms with Crippen molar-refractivity contribution in [1.29, 1.82) is 0 Å². The van der Waals surface area contributed by atoms with E-state index in [2.05, 4.69) is 15.2 Å². The van der Waals surface area contributed by atoms with Crippen molar-refractivity contribution < 1.29 is 9.90 Å². The maximum atomic E-state index is 10.5. The Hall–Kier alpha value is -1.69. The molecule has 0 aromatic carbocycles. The maximum Gasteiger partial charge on any atom is 0.309 e. The molecule has 0 aliphatic heterocycles. The van der Waals surface area contributed by atoms with Crippen LogP contribution in [-0.4, -0.2) is 26.3 Å². The average molecular weight is 237 g/mol. The van der Waals surface area contributed by atoms with Gasteiger partial charge in [0.1, 0.15) is 5.01 Å². The number of thiazole rings is 1. The lowest BCUT2D eigenvalue weighted by Crippen LogP contribution is -1.99. The Bertz CT molecular complexity index is 510. The molecule has 0 bridgehead atoms. The van der Waals surface area contributed by atoms with Crippen molar-refractivity contribution in [3.63, 3.8) is 0 Å². The number of aryl methyl sites for hydroxylation is 2. The van der Waals surface area contributed by atoms with Gasteiger partial charge >= 0.3 is 5.97 Å². The van der Waals surface area contributed by atoms with E-state index in [1.54, 1.807) is 5.38 Å². The third kappa shape index (κ3) is 1.96. The van der Waals surface area contributed by atoms with Crippen LogP contribution in [0.1, 0.15) is 17.1 Å². The minimum Gasteiger partial charge on any atom is -0.481 e. The van der Waals surface area contributed by atoms with Crippen LogP contribution >= 0.6 is 11.3 Å². The van der Waals surface area contributed by atoms with E-state index in [1.807, 2.05) is 13.8 Å². The van der Waals surface area contributed by atoms with E-state index in [4.69, 9.17) is 5.11 Å². The molecule has 6 heteroatoms. The normalized spacial score (nSPS) is 10.6. The van der Waals surface area contributed by atoms with Gasteiger partial charge in [-0.2, -0.15) is 5.10 Å². The van der Waals surface area contributed by atoms with E-state index in [-0.39, 0.29) is 6.42 Å². The smallest absolute Gasteiger partial charge is 0.309 e. The lowest BCUT2D eigenvalue weighted by atomic mass is 10.2. The van der Waals surface area contributed by atoms with Crippen molar-refractivity contribution in [3.8, 4) is 10.6 Å². The van der Waals surface area contributed by atoms with Gasteiger partial charge < -0.3 is 5.11 Å². The molecule has 16 heavy (non-hydrogen) atoms. The summed E-state index contributed by atoms with van der Waals surface area (Å²) in [4.78, 5) is 14.8. The van der Waals surface area contributed by atoms with Gasteiger partial charge in [0.15, 0.2) is 0 Å². The molecule has 0 amide bonds. The first-order valence-corrected chi connectivity index (χ1v) is 5.64. The number of hydrogen-bond acceptors (Lipinski definition) is 4. The molecule has 0 fully saturated rings. The van der Waals surface area contributed by atoms with Gasteiger partial charge in [-0.15, -0.1) is 11.3 Å². The molecule has 2 aromatic heterocycles. The van der Waals surface area contributed by atoms with Gasteiger partial charge in [-0.05, 0) is 13.8 Å². The molecule has 2 heterocycles. The lowest BCUT2D eigenvalue weighted by Gasteiger charge is -1.94. The molecule has 5 nitrogen and oxygen atoms in total. The number of nitrogens with one attached hydrogen (secondary N) is 1. The monoisotopic (exact) mass is 237 g/mol. The van der Waals surface area contributed by atoms with E-state index >= 15 is 0 Å². The number of H-pyrrole nitrogens is 1. The first-order chi connectivity index (χ1) is 7.58. The summed E-state index contributed by atoms with van der Waals surface area (Å²) in [5, 5.41) is 18.2. The molecule has 0 unspecified atom stereocenters. The highest BCUT2D eigenvalue weighted by Gasteiger charge is 2.13. The van der Waals surface area contributed by atoms with Crippen molar-refractivity contribution in [3.05, 3.63) is 22.5 Å². The zero-order valence-electron chi connectivity index (χ0n) is 8.94. The number of carbonyl (C=O) groups is 1. The topological polar surface area (TPSA) is 78.9 Å². The third-order valence-electron chi connectivity index (χ3n) is 2.23. The Labute approximate surface area is 96.2 Å². The van der Waals surface area contributed by atoms with Crippen LogP contribution in [0.4, 0.5) is 0 Å². The summed E-state index contributed by atoms with van der Waals surface area (Å²) >= 11 is 1.44. The van der Waals surface area contributed by atoms with Crippen LogP contribution in [0.5, 0.6) is 0 Å². The van der Waals surface area contributed by atoms with Gasteiger partial charge in [-0.25, -0.2) is 4.98 Å². The molecule has 0 spiro atoms. The second-order valence-electron chi connectivity index (χ2n) is 3.52. The van der Waals surface area contributed by atoms with E-state index in [9.17, 15) is 4.79 Å². The second kappa shape index (κ2) is 4.05. The van der Waals surface area contributed by atoms with Gasteiger partial charge in [0.25, 0.3) is 0 Å². The Balaban J connectivity index is 2.35. The molecule has 84 valence electrons. The predicted molar refractivity (Wildman–Crippen MR) is 60.5 cm³/mol. The van der Waals surface area contributed by atoms with E-state index in [0.29, 0.717) is 5.69 Å². The molecule has 0 atom stereocenters. The Morgan fingerprint density at radius 2 is 2.31 bits per heavy atom. The fourth-order valence-corrected chi connectivity index (χ4v) is 2.50. The van der Waals surface area contributed by atoms with Crippen molar-refractivity contribution >= 4 is 17.3 Å². The van der Waals surface area contributed by atoms with Crippen LogP contribution < -0.4 is 0 Å². The van der Waals surface area contributed by atoms with Gasteiger partial charge in [0.05, 0.1) is 23.4 Å². The van der Waals surface area contributed by atoms with Crippen molar-refractivity contribution in [2.45, 2.75) is 20.3 Å². The number of aromatic nitrogens is 3. The summed E-state index contributed by atoms with van der Waals surface area (Å²) < 4.78 is 0. The summed E-state index contributed by atoms with van der Waals surface area (Å²) in [6, 6.07) is 0. The van der Waals surface area contributed by atoms with Crippen LogP contribution in [0, 0.1) is 13.8 Å². The molecule has 0 aliphatic carbocycles. The summed E-state index contributed by atoms with van der Waals surface area (Å²) in [5.74, 6) is -0.863. The highest BCUT2D eigenvalue weighted by Crippen LogP contribution is 2.28. The number of carboxylic acid groups (broad SMARTS) is 1. The third-order valence-corrected chi connectivity index (χ3v) is 3.13. The average Bonchev–Trinajstić information content (AvgIpc) is 2.73. The minimum atomic E-state index is -0.863. The van der Waals surface area contributed by atoms with E-state index in [0.717, 1.165) is 22.0 Å². The lowest BCUT2D eigenvalue weighted by molar-refractivity contribution is -0.136. The molecule has 2 N–H and O–H groups in total. The largest absolute Gasteiger partial charge is 0.481 e. The molecule has 2 rings (SSSR count). The van der Waals surface area contributed by atoms with Gasteiger partial charge in [0, 0.05) is 11.1 Å². The molecule has 0 aliphatic rings. The van der Waals surface area contributed by atoms with Crippen LogP contribution in [0.15, 0.2) is 5.38 Å². The summed E-state index contributed by atoms with van der Waals surface area (Å²) in [5.41, 5.74) is 3.40. The summed E-state index contributed by atoms with van der Waals surface area (Å²) in [6.07, 6.45) is -0.0353. The highest BCUT2D eigenvalue weighted by atomic mass is 32.1. The fraction of sp³-hybridized carbons (Fsp3) is 0.300. The number of hydrogen-bond donors (Lipinski definition) is 2. The van der Waals surface area contributed by atoms with Gasteiger partial charge in [-0.3, -0.25) is 9.89 Å². The predicted octanol–water partition coefficient (Wildman–Crippen LogP) is 1.78. The number of rotatable bonds is 3. The van der Waals surface area contributed by atoms with Crippen molar-refractivity contribution in [2.75, 3.05) is 0 Å². The number of aliphatic carboxylic acids is 1. The second-order valence-corrected chi connectivity index (χ2v) is 4.38. The van der Waals surface area contributed by atoms with Crippen molar-refractivity contribution in [1.82, 2.24) is 15.2 Å². The van der Waals surface area contributed by atoms with Gasteiger partial charge in [-0.1, -0.05) is 0 Å². The quantitative estimate of drug-likeness (QED) is 0.852. The first kappa shape index (κ1) is 10.8. The molecular weight excluding hydrogens is 226 g/mol. The van der Waals surface area contributed by atoms with Crippen LogP contribution in [0.25, 0.3) is 10.6 Å². The summed E-state index contributed by atoms with van der Waals surface area (Å²) in [6.45, 7) is 3.82. The van der Waals surface area contributed by atoms with Gasteiger partial charge in [0.2, 0.25) is 0 Å². The molecule has 0 saturated carbocycles. The first-order valence-electron chi connectivity index (χ1n) is 4.76. The van der Waals surface area contributed by atoms with E-state index < -0.39 is 5.97 Å². The SMILES string of the molecule is Cc1n[nH]c(C)c1-c1nc(CC(=O)O)cs1. The Morgan fingerprint density at radius 1 is 1.56 bits per heavy atom. The summed E-state index contributed by atoms with van der Waals surface area (Å²) in [7, 11) is 0. The number of nitrogens with zero attached hydrogens (tertiary/aromatic N) is 2. The number of carboxylic acids is 1. The standard InChI is InChI=1S/C10H11N3O2S/c1-5-9(6(2)13-12-5)10-11-7(4-16-10)3-8(14)15/h4H,3H2,1-2H3,(H,12,13)(H,14,15). The highest BCUT2D eigenvalue weighted by molar-refractivity contribution is 7.13. The van der Waals surface area contributed by atoms with Crippen molar-refractivity contribution in [2.24, 2.45) is 0 Å². The van der Waals surface area contributed by atoms with Crippen LogP contribution in [0.2, 0.25) is 0 Å². The molecule has 2 aromatic rings. The fourth-order valence-electron chi connectivity index (χ4n) is 1.52. The molecule has 0 saturated heterocycles. The zero-order chi connectivity index (χ0) is 11.7. The van der Waals surface area contributed by atoms with Crippen LogP contribution in [-0.2, 0) is 11.2 Å². The van der Waals surface area contributed by atoms with Crippen LogP contribution in [0.3, 0.4) is 0 Å². The molecule has 0 radical (unpaired) electrons. The zero-order valence-corrected chi connectivity index (χ0v) is 9.76. The van der Waals surface area contributed by atoms with E-state index in [1.165, 1.54) is 11.3 Å². The number of aromatic amines is 1. The molecular formula is C10H11N3O2S. The maximum absolute atomic E-state index is 10.5. The Kier molecular flexibility index (Phi) is 2.74.